The van der Waals surface area contributed by atoms with Crippen molar-refractivity contribution in [3.8, 4) is 0 Å². The highest BCUT2D eigenvalue weighted by Crippen LogP contribution is 2.09. The molecule has 0 aliphatic carbocycles. The fourth-order valence-corrected chi connectivity index (χ4v) is 1.36. The summed E-state index contributed by atoms with van der Waals surface area (Å²) >= 11 is 0. The van der Waals surface area contributed by atoms with E-state index in [1.807, 2.05) is 0 Å². The number of rotatable bonds is 4. The highest BCUT2D eigenvalue weighted by Gasteiger charge is 2.23. The summed E-state index contributed by atoms with van der Waals surface area (Å²) in [5.41, 5.74) is -0.815. The lowest BCUT2D eigenvalue weighted by atomic mass is 10.0. The SMILES string of the molecule is Cn1ccc(NC(=O)NC(C)(C)CC(=O)O)n1. The molecule has 0 fully saturated rings. The molecule has 0 atom stereocenters. The van der Waals surface area contributed by atoms with Gasteiger partial charge in [-0.1, -0.05) is 0 Å². The first-order valence-electron chi connectivity index (χ1n) is 5.09. The Morgan fingerprint density at radius 2 is 2.18 bits per heavy atom. The molecule has 0 aliphatic rings. The third-order valence-corrected chi connectivity index (χ3v) is 2.00. The molecule has 1 aromatic heterocycles. The minimum Gasteiger partial charge on any atom is -0.481 e. The van der Waals surface area contributed by atoms with Gasteiger partial charge in [-0.15, -0.1) is 0 Å². The number of carbonyl (C=O) groups excluding carboxylic acids is 1. The van der Waals surface area contributed by atoms with Gasteiger partial charge >= 0.3 is 12.0 Å². The quantitative estimate of drug-likeness (QED) is 0.725. The number of hydrogen-bond donors (Lipinski definition) is 3. The maximum absolute atomic E-state index is 11.6. The number of aliphatic carboxylic acids is 1. The lowest BCUT2D eigenvalue weighted by Crippen LogP contribution is -2.46. The maximum Gasteiger partial charge on any atom is 0.320 e. The number of urea groups is 1. The van der Waals surface area contributed by atoms with Gasteiger partial charge in [0.05, 0.1) is 6.42 Å². The molecular formula is C10H16N4O3. The first kappa shape index (κ1) is 13.0. The zero-order valence-corrected chi connectivity index (χ0v) is 10.0. The van der Waals surface area contributed by atoms with Gasteiger partial charge in [0, 0.05) is 24.8 Å². The van der Waals surface area contributed by atoms with Gasteiger partial charge in [-0.05, 0) is 13.8 Å². The number of aryl methyl sites for hydroxylation is 1. The third-order valence-electron chi connectivity index (χ3n) is 2.00. The normalized spacial score (nSPS) is 11.0. The average Bonchev–Trinajstić information content (AvgIpc) is 2.46. The van der Waals surface area contributed by atoms with Crippen molar-refractivity contribution < 1.29 is 14.7 Å². The van der Waals surface area contributed by atoms with E-state index in [1.54, 1.807) is 37.8 Å². The Hall–Kier alpha value is -2.05. The minimum absolute atomic E-state index is 0.150. The zero-order valence-electron chi connectivity index (χ0n) is 10.0. The number of amides is 2. The number of nitrogens with one attached hydrogen (secondary N) is 2. The van der Waals surface area contributed by atoms with Gasteiger partial charge < -0.3 is 10.4 Å². The molecule has 0 unspecified atom stereocenters. The topological polar surface area (TPSA) is 96.2 Å². The summed E-state index contributed by atoms with van der Waals surface area (Å²) in [6, 6.07) is 1.17. The smallest absolute Gasteiger partial charge is 0.320 e. The molecule has 0 bridgehead atoms. The summed E-state index contributed by atoms with van der Waals surface area (Å²) in [4.78, 5) is 22.1. The fourth-order valence-electron chi connectivity index (χ4n) is 1.36. The molecule has 0 spiro atoms. The first-order chi connectivity index (χ1) is 7.78. The van der Waals surface area contributed by atoms with Gasteiger partial charge in [0.2, 0.25) is 0 Å². The van der Waals surface area contributed by atoms with E-state index in [1.165, 1.54) is 0 Å². The van der Waals surface area contributed by atoms with E-state index in [4.69, 9.17) is 5.11 Å². The molecule has 1 rings (SSSR count). The van der Waals surface area contributed by atoms with Crippen LogP contribution in [0.3, 0.4) is 0 Å². The second kappa shape index (κ2) is 4.86. The van der Waals surface area contributed by atoms with Gasteiger partial charge in [0.15, 0.2) is 5.82 Å². The van der Waals surface area contributed by atoms with Gasteiger partial charge in [-0.3, -0.25) is 14.8 Å². The molecule has 1 heterocycles. The standard InChI is InChI=1S/C10H16N4O3/c1-10(2,6-8(15)16)12-9(17)11-7-4-5-14(3)13-7/h4-5H,6H2,1-3H3,(H,15,16)(H2,11,12,13,17). The average molecular weight is 240 g/mol. The molecule has 1 aromatic rings. The van der Waals surface area contributed by atoms with Crippen LogP contribution in [0.25, 0.3) is 0 Å². The summed E-state index contributed by atoms with van der Waals surface area (Å²) in [7, 11) is 1.73. The van der Waals surface area contributed by atoms with Crippen LogP contribution in [0, 0.1) is 0 Å². The number of carbonyl (C=O) groups is 2. The van der Waals surface area contributed by atoms with Gasteiger partial charge in [-0.25, -0.2) is 4.79 Å². The Morgan fingerprint density at radius 1 is 1.53 bits per heavy atom. The Kier molecular flexibility index (Phi) is 3.72. The van der Waals surface area contributed by atoms with E-state index in [0.29, 0.717) is 5.82 Å². The van der Waals surface area contributed by atoms with Crippen molar-refractivity contribution in [2.45, 2.75) is 25.8 Å². The second-order valence-electron chi connectivity index (χ2n) is 4.41. The van der Waals surface area contributed by atoms with Crippen molar-refractivity contribution in [2.24, 2.45) is 7.05 Å². The van der Waals surface area contributed by atoms with Crippen LogP contribution in [0.5, 0.6) is 0 Å². The highest BCUT2D eigenvalue weighted by atomic mass is 16.4. The van der Waals surface area contributed by atoms with E-state index >= 15 is 0 Å². The van der Waals surface area contributed by atoms with Crippen molar-refractivity contribution in [3.05, 3.63) is 12.3 Å². The monoisotopic (exact) mass is 240 g/mol. The van der Waals surface area contributed by atoms with Gasteiger partial charge in [0.25, 0.3) is 0 Å². The van der Waals surface area contributed by atoms with Crippen LogP contribution < -0.4 is 10.6 Å². The van der Waals surface area contributed by atoms with Crippen molar-refractivity contribution in [3.63, 3.8) is 0 Å². The number of carboxylic acids is 1. The van der Waals surface area contributed by atoms with E-state index in [9.17, 15) is 9.59 Å². The number of hydrogen-bond acceptors (Lipinski definition) is 3. The molecule has 3 N–H and O–H groups in total. The molecule has 2 amide bonds. The number of aromatic nitrogens is 2. The molecule has 0 saturated carbocycles. The van der Waals surface area contributed by atoms with Crippen molar-refractivity contribution >= 4 is 17.8 Å². The summed E-state index contributed by atoms with van der Waals surface area (Å²) in [5, 5.41) is 17.7. The van der Waals surface area contributed by atoms with Gasteiger partial charge in [0.1, 0.15) is 0 Å². The van der Waals surface area contributed by atoms with Crippen molar-refractivity contribution in [2.75, 3.05) is 5.32 Å². The minimum atomic E-state index is -0.965. The largest absolute Gasteiger partial charge is 0.481 e. The van der Waals surface area contributed by atoms with Crippen LogP contribution in [-0.4, -0.2) is 32.4 Å². The van der Waals surface area contributed by atoms with E-state index in [2.05, 4.69) is 15.7 Å². The van der Waals surface area contributed by atoms with E-state index in [-0.39, 0.29) is 6.42 Å². The molecule has 0 aliphatic heterocycles. The van der Waals surface area contributed by atoms with Crippen LogP contribution >= 0.6 is 0 Å². The Labute approximate surface area is 98.8 Å². The van der Waals surface area contributed by atoms with Gasteiger partial charge in [-0.2, -0.15) is 5.10 Å². The van der Waals surface area contributed by atoms with Crippen LogP contribution in [-0.2, 0) is 11.8 Å². The van der Waals surface area contributed by atoms with Crippen LogP contribution in [0.4, 0.5) is 10.6 Å². The number of carboxylic acid groups (broad SMARTS) is 1. The lowest BCUT2D eigenvalue weighted by molar-refractivity contribution is -0.138. The number of nitrogens with zero attached hydrogens (tertiary/aromatic N) is 2. The first-order valence-corrected chi connectivity index (χ1v) is 5.09. The molecule has 0 aromatic carbocycles. The molecule has 0 radical (unpaired) electrons. The Bertz CT molecular complexity index is 425. The highest BCUT2D eigenvalue weighted by molar-refractivity contribution is 5.89. The molecule has 94 valence electrons. The fraction of sp³-hybridized carbons (Fsp3) is 0.500. The van der Waals surface area contributed by atoms with Crippen molar-refractivity contribution in [1.29, 1.82) is 0 Å². The molecular weight excluding hydrogens is 224 g/mol. The third kappa shape index (κ3) is 4.54. The predicted octanol–water partition coefficient (Wildman–Crippen LogP) is 0.795. The molecule has 7 heteroatoms. The predicted molar refractivity (Wildman–Crippen MR) is 61.7 cm³/mol. The van der Waals surface area contributed by atoms with E-state index < -0.39 is 17.5 Å². The number of anilines is 1. The summed E-state index contributed by atoms with van der Waals surface area (Å²) in [6.45, 7) is 3.28. The van der Waals surface area contributed by atoms with Crippen LogP contribution in [0.2, 0.25) is 0 Å². The molecule has 7 nitrogen and oxygen atoms in total. The Morgan fingerprint density at radius 3 is 2.65 bits per heavy atom. The summed E-state index contributed by atoms with van der Waals surface area (Å²) in [6.07, 6.45) is 1.54. The second-order valence-corrected chi connectivity index (χ2v) is 4.41. The zero-order chi connectivity index (χ0) is 13.1. The Balaban J connectivity index is 2.52. The van der Waals surface area contributed by atoms with Crippen molar-refractivity contribution in [1.82, 2.24) is 15.1 Å². The summed E-state index contributed by atoms with van der Waals surface area (Å²) < 4.78 is 1.55. The van der Waals surface area contributed by atoms with Crippen LogP contribution in [0.1, 0.15) is 20.3 Å². The lowest BCUT2D eigenvalue weighted by Gasteiger charge is -2.23. The van der Waals surface area contributed by atoms with Crippen LogP contribution in [0.15, 0.2) is 12.3 Å². The summed E-state index contributed by atoms with van der Waals surface area (Å²) in [5.74, 6) is -0.552. The molecule has 17 heavy (non-hydrogen) atoms. The molecule has 0 saturated heterocycles. The van der Waals surface area contributed by atoms with E-state index in [0.717, 1.165) is 0 Å². The maximum atomic E-state index is 11.6.